The molecule has 2 N–H and O–H groups in total. The Balaban J connectivity index is 1.94. The molecule has 2 unspecified atom stereocenters. The number of esters is 1. The summed E-state index contributed by atoms with van der Waals surface area (Å²) in [7, 11) is 1.54. The van der Waals surface area contributed by atoms with Crippen molar-refractivity contribution in [3.8, 4) is 17.0 Å². The molecule has 36 heavy (non-hydrogen) atoms. The van der Waals surface area contributed by atoms with Crippen LogP contribution in [0.25, 0.3) is 11.3 Å². The molecule has 2 atom stereocenters. The van der Waals surface area contributed by atoms with Crippen molar-refractivity contribution in [2.45, 2.75) is 64.8 Å². The van der Waals surface area contributed by atoms with Gasteiger partial charge in [0.2, 0.25) is 0 Å². The van der Waals surface area contributed by atoms with Gasteiger partial charge in [-0.25, -0.2) is 8.78 Å². The first-order chi connectivity index (χ1) is 16.9. The Bertz CT molecular complexity index is 1080. The zero-order valence-corrected chi connectivity index (χ0v) is 21.7. The number of carbonyl (C=O) groups excluding carboxylic acids is 1. The number of rotatable bonds is 8. The molecule has 0 aliphatic carbocycles. The molecular formula is C26H33ClF2N2O5. The number of aromatic nitrogens is 1. The van der Waals surface area contributed by atoms with E-state index >= 15 is 0 Å². The van der Waals surface area contributed by atoms with Gasteiger partial charge in [-0.3, -0.25) is 9.78 Å². The number of nitrogens with zero attached hydrogens (tertiary/aromatic N) is 2. The van der Waals surface area contributed by atoms with Crippen molar-refractivity contribution in [3.05, 3.63) is 41.0 Å². The number of methoxy groups -OCH3 is 1. The number of ether oxygens (including phenoxy) is 2. The maximum Gasteiger partial charge on any atom is 0.307 e. The van der Waals surface area contributed by atoms with Gasteiger partial charge in [-0.2, -0.15) is 0 Å². The molecule has 3 rings (SSSR count). The summed E-state index contributed by atoms with van der Waals surface area (Å²) < 4.78 is 38.1. The number of piperidine rings is 1. The van der Waals surface area contributed by atoms with E-state index in [1.807, 2.05) is 0 Å². The van der Waals surface area contributed by atoms with E-state index in [2.05, 4.69) is 4.98 Å². The molecule has 1 aliphatic heterocycles. The normalized spacial score (nSPS) is 19.3. The first-order valence-corrected chi connectivity index (χ1v) is 12.1. The van der Waals surface area contributed by atoms with E-state index in [1.54, 1.807) is 56.1 Å². The molecule has 0 spiro atoms. The largest absolute Gasteiger partial charge is 0.497 e. The SMILES string of the molecule is COc1ccc(-c2cc(CO)c(N3CCCC(CC(=O)OC(C)(C)C)(C(O)C(F)F)C3)cn2)c(Cl)c1. The molecule has 1 aliphatic rings. The fraction of sp³-hybridized carbons (Fsp3) is 0.538. The minimum Gasteiger partial charge on any atom is -0.497 e. The number of halogens is 3. The lowest BCUT2D eigenvalue weighted by Crippen LogP contribution is -2.53. The van der Waals surface area contributed by atoms with Crippen LogP contribution >= 0.6 is 11.6 Å². The summed E-state index contributed by atoms with van der Waals surface area (Å²) in [4.78, 5) is 18.9. The lowest BCUT2D eigenvalue weighted by atomic mass is 9.72. The zero-order valence-electron chi connectivity index (χ0n) is 20.9. The number of hydrogen-bond acceptors (Lipinski definition) is 7. The second kappa shape index (κ2) is 11.3. The average molecular weight is 527 g/mol. The first kappa shape index (κ1) is 28.1. The second-order valence-electron chi connectivity index (χ2n) is 10.1. The number of anilines is 1. The summed E-state index contributed by atoms with van der Waals surface area (Å²) in [5, 5.41) is 21.1. The van der Waals surface area contributed by atoms with Gasteiger partial charge in [0.15, 0.2) is 0 Å². The fourth-order valence-corrected chi connectivity index (χ4v) is 4.93. The van der Waals surface area contributed by atoms with Crippen LogP contribution in [0, 0.1) is 5.41 Å². The third-order valence-corrected chi connectivity index (χ3v) is 6.63. The Kier molecular flexibility index (Phi) is 8.80. The number of carbonyl (C=O) groups is 1. The van der Waals surface area contributed by atoms with Crippen LogP contribution in [0.2, 0.25) is 5.02 Å². The number of pyridine rings is 1. The van der Waals surface area contributed by atoms with E-state index in [1.165, 1.54) is 7.11 Å². The number of benzene rings is 1. The lowest BCUT2D eigenvalue weighted by molar-refractivity contribution is -0.164. The maximum atomic E-state index is 13.8. The predicted molar refractivity (Wildman–Crippen MR) is 134 cm³/mol. The van der Waals surface area contributed by atoms with Crippen LogP contribution in [0.4, 0.5) is 14.5 Å². The molecular weight excluding hydrogens is 494 g/mol. The summed E-state index contributed by atoms with van der Waals surface area (Å²) in [6, 6.07) is 6.86. The Morgan fingerprint density at radius 3 is 2.61 bits per heavy atom. The Morgan fingerprint density at radius 1 is 1.31 bits per heavy atom. The third kappa shape index (κ3) is 6.44. The van der Waals surface area contributed by atoms with Gasteiger partial charge in [-0.05, 0) is 57.9 Å². The van der Waals surface area contributed by atoms with Gasteiger partial charge >= 0.3 is 5.97 Å². The molecule has 1 aromatic heterocycles. The lowest BCUT2D eigenvalue weighted by Gasteiger charge is -2.46. The smallest absolute Gasteiger partial charge is 0.307 e. The summed E-state index contributed by atoms with van der Waals surface area (Å²) >= 11 is 6.39. The van der Waals surface area contributed by atoms with Crippen molar-refractivity contribution in [1.82, 2.24) is 4.98 Å². The van der Waals surface area contributed by atoms with Crippen LogP contribution in [0.3, 0.4) is 0 Å². The summed E-state index contributed by atoms with van der Waals surface area (Å²) in [5.74, 6) is -0.0518. The van der Waals surface area contributed by atoms with E-state index in [-0.39, 0.29) is 26.0 Å². The molecule has 2 heterocycles. The van der Waals surface area contributed by atoms with Crippen LogP contribution in [0.1, 0.15) is 45.6 Å². The molecule has 0 amide bonds. The molecule has 1 fully saturated rings. The molecule has 0 radical (unpaired) electrons. The quantitative estimate of drug-likeness (QED) is 0.475. The topological polar surface area (TPSA) is 92.1 Å². The van der Waals surface area contributed by atoms with Gasteiger partial charge in [0.25, 0.3) is 6.43 Å². The molecule has 1 aromatic carbocycles. The molecule has 2 aromatic rings. The van der Waals surface area contributed by atoms with E-state index in [0.717, 1.165) is 0 Å². The van der Waals surface area contributed by atoms with Crippen LogP contribution < -0.4 is 9.64 Å². The highest BCUT2D eigenvalue weighted by Gasteiger charge is 2.48. The summed E-state index contributed by atoms with van der Waals surface area (Å²) in [5.41, 5.74) is 0.0333. The number of aliphatic hydroxyl groups excluding tert-OH is 2. The van der Waals surface area contributed by atoms with Crippen LogP contribution in [0.15, 0.2) is 30.5 Å². The molecule has 7 nitrogen and oxygen atoms in total. The molecule has 0 bridgehead atoms. The Labute approximate surface area is 215 Å². The van der Waals surface area contributed by atoms with Crippen molar-refractivity contribution in [3.63, 3.8) is 0 Å². The summed E-state index contributed by atoms with van der Waals surface area (Å²) in [6.07, 6.45) is -3.15. The average Bonchev–Trinajstić information content (AvgIpc) is 2.81. The minimum atomic E-state index is -3.03. The van der Waals surface area contributed by atoms with Gasteiger partial charge in [0, 0.05) is 29.6 Å². The highest BCUT2D eigenvalue weighted by Crippen LogP contribution is 2.42. The van der Waals surface area contributed by atoms with E-state index < -0.39 is 29.5 Å². The van der Waals surface area contributed by atoms with Gasteiger partial charge in [-0.1, -0.05) is 11.6 Å². The van der Waals surface area contributed by atoms with Gasteiger partial charge in [-0.15, -0.1) is 0 Å². The minimum absolute atomic E-state index is 0.0188. The number of hydrogen-bond donors (Lipinski definition) is 2. The fourth-order valence-electron chi connectivity index (χ4n) is 4.67. The molecule has 1 saturated heterocycles. The van der Waals surface area contributed by atoms with Crippen LogP contribution in [0.5, 0.6) is 5.75 Å². The van der Waals surface area contributed by atoms with Gasteiger partial charge < -0.3 is 24.6 Å². The monoisotopic (exact) mass is 526 g/mol. The molecule has 10 heteroatoms. The zero-order chi connectivity index (χ0) is 26.7. The van der Waals surface area contributed by atoms with E-state index in [0.29, 0.717) is 46.2 Å². The third-order valence-electron chi connectivity index (χ3n) is 6.32. The van der Waals surface area contributed by atoms with Crippen molar-refractivity contribution in [1.29, 1.82) is 0 Å². The van der Waals surface area contributed by atoms with Crippen molar-refractivity contribution < 1.29 is 33.3 Å². The van der Waals surface area contributed by atoms with E-state index in [4.69, 9.17) is 21.1 Å². The standard InChI is InChI=1S/C26H33ClF2N2O5/c1-25(2,3)36-22(33)12-26(23(34)24(28)29)8-5-9-31(15-26)21-13-30-20(10-16(21)14-32)18-7-6-17(35-4)11-19(18)27/h6-7,10-11,13,23-24,32,34H,5,8-9,12,14-15H2,1-4H3. The summed E-state index contributed by atoms with van der Waals surface area (Å²) in [6.45, 7) is 5.24. The Hall–Kier alpha value is -2.49. The number of aliphatic hydroxyl groups is 2. The second-order valence-corrected chi connectivity index (χ2v) is 10.5. The first-order valence-electron chi connectivity index (χ1n) is 11.8. The van der Waals surface area contributed by atoms with Gasteiger partial charge in [0.1, 0.15) is 17.5 Å². The van der Waals surface area contributed by atoms with Crippen molar-refractivity contribution in [2.24, 2.45) is 5.41 Å². The molecule has 0 saturated carbocycles. The van der Waals surface area contributed by atoms with Crippen molar-refractivity contribution in [2.75, 3.05) is 25.1 Å². The highest BCUT2D eigenvalue weighted by atomic mass is 35.5. The Morgan fingerprint density at radius 2 is 2.03 bits per heavy atom. The van der Waals surface area contributed by atoms with Gasteiger partial charge in [0.05, 0.1) is 42.7 Å². The highest BCUT2D eigenvalue weighted by molar-refractivity contribution is 6.33. The van der Waals surface area contributed by atoms with Crippen LogP contribution in [-0.2, 0) is 16.1 Å². The predicted octanol–water partition coefficient (Wildman–Crippen LogP) is 4.85. The maximum absolute atomic E-state index is 13.8. The van der Waals surface area contributed by atoms with Crippen LogP contribution in [-0.4, -0.2) is 59.5 Å². The molecule has 198 valence electrons. The number of alkyl halides is 2. The van der Waals surface area contributed by atoms with Crippen molar-refractivity contribution >= 4 is 23.3 Å². The van der Waals surface area contributed by atoms with E-state index in [9.17, 15) is 23.8 Å².